The van der Waals surface area contributed by atoms with E-state index in [9.17, 15) is 10.2 Å². The first-order chi connectivity index (χ1) is 13.3. The Morgan fingerprint density at radius 1 is 1.14 bits per heavy atom. The summed E-state index contributed by atoms with van der Waals surface area (Å²) in [5.41, 5.74) is 5.34. The van der Waals surface area contributed by atoms with Crippen molar-refractivity contribution in [3.05, 3.63) is 64.7 Å². The van der Waals surface area contributed by atoms with E-state index in [1.54, 1.807) is 0 Å². The molecule has 6 unspecified atom stereocenters. The first-order valence-corrected chi connectivity index (χ1v) is 10.9. The van der Waals surface area contributed by atoms with E-state index in [0.717, 1.165) is 25.7 Å². The van der Waals surface area contributed by atoms with Crippen molar-refractivity contribution >= 4 is 0 Å². The molecule has 0 saturated heterocycles. The number of aromatic hydroxyl groups is 1. The molecule has 0 aromatic heterocycles. The van der Waals surface area contributed by atoms with E-state index >= 15 is 0 Å². The molecule has 2 aromatic carbocycles. The number of rotatable bonds is 3. The number of hydrogen-bond donors (Lipinski definition) is 2. The van der Waals surface area contributed by atoms with Gasteiger partial charge in [-0.1, -0.05) is 56.2 Å². The molecule has 0 aliphatic heterocycles. The van der Waals surface area contributed by atoms with Crippen LogP contribution in [0.4, 0.5) is 0 Å². The van der Waals surface area contributed by atoms with Crippen molar-refractivity contribution in [2.45, 2.75) is 71.3 Å². The lowest BCUT2D eigenvalue weighted by atomic mass is 9.48. The van der Waals surface area contributed by atoms with E-state index in [2.05, 4.69) is 51.1 Å². The van der Waals surface area contributed by atoms with E-state index in [1.807, 2.05) is 19.1 Å². The molecule has 1 saturated carbocycles. The second-order valence-corrected chi connectivity index (χ2v) is 9.53. The molecule has 2 heteroatoms. The largest absolute Gasteiger partial charge is 0.508 e. The molecular weight excluding hydrogens is 344 g/mol. The third-order valence-corrected chi connectivity index (χ3v) is 8.05. The highest BCUT2D eigenvalue weighted by atomic mass is 16.3. The predicted octanol–water partition coefficient (Wildman–Crippen LogP) is 5.95. The van der Waals surface area contributed by atoms with E-state index in [0.29, 0.717) is 29.4 Å². The molecule has 0 amide bonds. The zero-order valence-corrected chi connectivity index (χ0v) is 17.7. The van der Waals surface area contributed by atoms with Gasteiger partial charge in [0.1, 0.15) is 5.75 Å². The highest BCUT2D eigenvalue weighted by Gasteiger charge is 2.53. The summed E-state index contributed by atoms with van der Waals surface area (Å²) in [6, 6.07) is 15.0. The monoisotopic (exact) mass is 378 g/mol. The van der Waals surface area contributed by atoms with Gasteiger partial charge in [-0.05, 0) is 91.0 Å². The fourth-order valence-corrected chi connectivity index (χ4v) is 6.46. The van der Waals surface area contributed by atoms with Gasteiger partial charge < -0.3 is 10.2 Å². The van der Waals surface area contributed by atoms with Crippen LogP contribution in [0.3, 0.4) is 0 Å². The quantitative estimate of drug-likeness (QED) is 0.693. The summed E-state index contributed by atoms with van der Waals surface area (Å²) in [5.74, 6) is 2.32. The maximum atomic E-state index is 10.8. The summed E-state index contributed by atoms with van der Waals surface area (Å²) in [5, 5.41) is 20.9. The molecule has 28 heavy (non-hydrogen) atoms. The van der Waals surface area contributed by atoms with Gasteiger partial charge >= 0.3 is 0 Å². The van der Waals surface area contributed by atoms with Crippen molar-refractivity contribution in [1.82, 2.24) is 0 Å². The molecule has 1 fully saturated rings. The molecule has 2 aromatic rings. The van der Waals surface area contributed by atoms with Crippen LogP contribution in [0.15, 0.2) is 42.5 Å². The van der Waals surface area contributed by atoms with Crippen molar-refractivity contribution < 1.29 is 10.2 Å². The van der Waals surface area contributed by atoms with Gasteiger partial charge in [0.05, 0.1) is 6.10 Å². The number of phenols is 1. The predicted molar refractivity (Wildman–Crippen MR) is 115 cm³/mol. The number of aryl methyl sites for hydroxylation is 2. The second-order valence-electron chi connectivity index (χ2n) is 9.53. The van der Waals surface area contributed by atoms with Crippen LogP contribution >= 0.6 is 0 Å². The minimum atomic E-state index is -0.312. The fraction of sp³-hybridized carbons (Fsp3) is 0.538. The number of benzene rings is 2. The van der Waals surface area contributed by atoms with Crippen molar-refractivity contribution in [3.8, 4) is 5.75 Å². The molecule has 150 valence electrons. The van der Waals surface area contributed by atoms with Gasteiger partial charge in [0, 0.05) is 0 Å². The summed E-state index contributed by atoms with van der Waals surface area (Å²) in [6.07, 6.45) is 3.97. The molecule has 2 aliphatic carbocycles. The van der Waals surface area contributed by atoms with Crippen molar-refractivity contribution in [2.24, 2.45) is 17.3 Å². The molecule has 6 atom stereocenters. The fourth-order valence-electron chi connectivity index (χ4n) is 6.46. The van der Waals surface area contributed by atoms with Crippen molar-refractivity contribution in [2.75, 3.05) is 0 Å². The molecule has 0 radical (unpaired) electrons. The minimum Gasteiger partial charge on any atom is -0.508 e. The third kappa shape index (κ3) is 3.06. The zero-order valence-electron chi connectivity index (χ0n) is 17.7. The van der Waals surface area contributed by atoms with Crippen LogP contribution in [0.2, 0.25) is 0 Å². The van der Waals surface area contributed by atoms with E-state index in [4.69, 9.17) is 0 Å². The smallest absolute Gasteiger partial charge is 0.115 e. The number of aliphatic hydroxyl groups excluding tert-OH is 1. The third-order valence-electron chi connectivity index (χ3n) is 8.05. The summed E-state index contributed by atoms with van der Waals surface area (Å²) in [6.45, 7) is 8.74. The summed E-state index contributed by atoms with van der Waals surface area (Å²) >= 11 is 0. The van der Waals surface area contributed by atoms with Crippen LogP contribution < -0.4 is 0 Å². The van der Waals surface area contributed by atoms with Crippen LogP contribution in [0, 0.1) is 24.2 Å². The number of aliphatic hydroxyl groups is 1. The summed E-state index contributed by atoms with van der Waals surface area (Å²) < 4.78 is 0. The van der Waals surface area contributed by atoms with Gasteiger partial charge in [-0.2, -0.15) is 0 Å². The molecule has 4 rings (SSSR count). The molecular formula is C26H34O2. The van der Waals surface area contributed by atoms with Gasteiger partial charge in [-0.15, -0.1) is 0 Å². The van der Waals surface area contributed by atoms with Crippen LogP contribution in [0.25, 0.3) is 0 Å². The normalized spacial score (nSPS) is 33.0. The Balaban J connectivity index is 1.86. The number of phenolic OH excluding ortho intramolecular Hbond substituents is 1. The van der Waals surface area contributed by atoms with Crippen LogP contribution in [-0.2, 0) is 6.42 Å². The van der Waals surface area contributed by atoms with Gasteiger partial charge in [-0.3, -0.25) is 0 Å². The van der Waals surface area contributed by atoms with Crippen LogP contribution in [0.5, 0.6) is 5.75 Å². The SMILES string of the molecule is CCC1C2CCc3cc(O)ccc3C2C(c2ccc(C)cc2)CC1(C)C(C)O. The molecule has 2 aliphatic rings. The highest BCUT2D eigenvalue weighted by Crippen LogP contribution is 2.62. The van der Waals surface area contributed by atoms with Crippen LogP contribution in [-0.4, -0.2) is 16.3 Å². The Morgan fingerprint density at radius 2 is 1.86 bits per heavy atom. The lowest BCUT2D eigenvalue weighted by Crippen LogP contribution is -2.50. The molecule has 0 bridgehead atoms. The first-order valence-electron chi connectivity index (χ1n) is 10.9. The Hall–Kier alpha value is -1.80. The van der Waals surface area contributed by atoms with E-state index in [1.165, 1.54) is 22.3 Å². The lowest BCUT2D eigenvalue weighted by molar-refractivity contribution is -0.0697. The Morgan fingerprint density at radius 3 is 2.50 bits per heavy atom. The topological polar surface area (TPSA) is 40.5 Å². The van der Waals surface area contributed by atoms with Crippen molar-refractivity contribution in [1.29, 1.82) is 0 Å². The molecule has 2 nitrogen and oxygen atoms in total. The Bertz CT molecular complexity index is 838. The van der Waals surface area contributed by atoms with Gasteiger partial charge in [0.15, 0.2) is 0 Å². The molecule has 0 spiro atoms. The highest BCUT2D eigenvalue weighted by molar-refractivity contribution is 5.43. The first kappa shape index (κ1) is 19.5. The van der Waals surface area contributed by atoms with Crippen LogP contribution in [0.1, 0.15) is 74.1 Å². The maximum Gasteiger partial charge on any atom is 0.115 e. The van der Waals surface area contributed by atoms with Crippen molar-refractivity contribution in [3.63, 3.8) is 0 Å². The van der Waals surface area contributed by atoms with E-state index in [-0.39, 0.29) is 11.5 Å². The zero-order chi connectivity index (χ0) is 20.1. The number of fused-ring (bicyclic) bond motifs is 3. The van der Waals surface area contributed by atoms with E-state index < -0.39 is 0 Å². The maximum absolute atomic E-state index is 10.8. The molecule has 0 heterocycles. The average molecular weight is 379 g/mol. The number of hydrogen-bond acceptors (Lipinski definition) is 2. The van der Waals surface area contributed by atoms with Gasteiger partial charge in [0.2, 0.25) is 0 Å². The lowest BCUT2D eigenvalue weighted by Gasteiger charge is -2.56. The standard InChI is InChI=1S/C26H34O2/c1-5-24-22-12-10-19-14-20(28)11-13-21(19)25(22)23(15-26(24,4)17(3)27)18-8-6-16(2)7-9-18/h6-9,11,13-14,17,22-25,27-28H,5,10,12,15H2,1-4H3. The summed E-state index contributed by atoms with van der Waals surface area (Å²) in [4.78, 5) is 0. The minimum absolute atomic E-state index is 0.0696. The second kappa shape index (κ2) is 7.22. The van der Waals surface area contributed by atoms with Gasteiger partial charge in [0.25, 0.3) is 0 Å². The molecule has 2 N–H and O–H groups in total. The van der Waals surface area contributed by atoms with Gasteiger partial charge in [-0.25, -0.2) is 0 Å². The average Bonchev–Trinajstić information content (AvgIpc) is 2.67. The Labute approximate surface area is 169 Å². The Kier molecular flexibility index (Phi) is 5.03. The summed E-state index contributed by atoms with van der Waals surface area (Å²) in [7, 11) is 0.